The molecule has 1 spiro atoms. The number of benzene rings is 1. The highest BCUT2D eigenvalue weighted by molar-refractivity contribution is 7.91. The minimum absolute atomic E-state index is 0.0378. The van der Waals surface area contributed by atoms with Crippen LogP contribution in [0.3, 0.4) is 0 Å². The van der Waals surface area contributed by atoms with Gasteiger partial charge in [0, 0.05) is 12.8 Å². The van der Waals surface area contributed by atoms with Crippen LogP contribution in [0.25, 0.3) is 5.69 Å². The number of ether oxygens (including phenoxy) is 2. The lowest BCUT2D eigenvalue weighted by Gasteiger charge is -2.35. The van der Waals surface area contributed by atoms with Crippen molar-refractivity contribution < 1.29 is 17.9 Å². The summed E-state index contributed by atoms with van der Waals surface area (Å²) in [7, 11) is -3.63. The lowest BCUT2D eigenvalue weighted by molar-refractivity contribution is -0.206. The molecule has 9 heteroatoms. The average Bonchev–Trinajstić information content (AvgIpc) is 3.46. The van der Waals surface area contributed by atoms with Gasteiger partial charge in [0.05, 0.1) is 23.6 Å². The molecular weight excluding hydrogens is 440 g/mol. The first-order chi connectivity index (χ1) is 15.9. The van der Waals surface area contributed by atoms with E-state index in [9.17, 15) is 8.42 Å². The highest BCUT2D eigenvalue weighted by Crippen LogP contribution is 2.45. The molecule has 4 rings (SSSR count). The van der Waals surface area contributed by atoms with E-state index in [-0.39, 0.29) is 28.2 Å². The molecule has 2 atom stereocenters. The first kappa shape index (κ1) is 24.3. The van der Waals surface area contributed by atoms with Gasteiger partial charge in [-0.3, -0.25) is 0 Å². The van der Waals surface area contributed by atoms with Gasteiger partial charge in [-0.2, -0.15) is 4.68 Å². The Hall–Kier alpha value is -1.84. The quantitative estimate of drug-likeness (QED) is 0.498. The molecule has 1 aliphatic carbocycles. The summed E-state index contributed by atoms with van der Waals surface area (Å²) >= 11 is 0. The van der Waals surface area contributed by atoms with Crippen molar-refractivity contribution in [3.8, 4) is 5.69 Å². The molecule has 0 amide bonds. The summed E-state index contributed by atoms with van der Waals surface area (Å²) in [5.41, 5.74) is 0.389. The van der Waals surface area contributed by atoms with Crippen LogP contribution in [0, 0.1) is 5.92 Å². The van der Waals surface area contributed by atoms with Crippen molar-refractivity contribution >= 4 is 9.84 Å². The van der Waals surface area contributed by atoms with Crippen molar-refractivity contribution in [1.29, 1.82) is 0 Å². The van der Waals surface area contributed by atoms with Gasteiger partial charge in [-0.05, 0) is 60.6 Å². The largest absolute Gasteiger partial charge is 0.347 e. The van der Waals surface area contributed by atoms with Crippen LogP contribution in [0.5, 0.6) is 0 Å². The second kappa shape index (κ2) is 10.2. The van der Waals surface area contributed by atoms with E-state index in [2.05, 4.69) is 22.4 Å². The normalized spacial score (nSPS) is 23.7. The molecular formula is C24H36N4O4S. The molecule has 0 radical (unpaired) electrons. The van der Waals surface area contributed by atoms with Crippen LogP contribution in [0.4, 0.5) is 0 Å². The summed E-state index contributed by atoms with van der Waals surface area (Å²) in [4.78, 5) is 0. The molecule has 0 unspecified atom stereocenters. The Balaban J connectivity index is 1.37. The zero-order valence-corrected chi connectivity index (χ0v) is 20.6. The van der Waals surface area contributed by atoms with E-state index in [0.717, 1.165) is 57.8 Å². The van der Waals surface area contributed by atoms with E-state index in [0.29, 0.717) is 12.3 Å². The number of para-hydroxylation sites is 1. The summed E-state index contributed by atoms with van der Waals surface area (Å²) in [6, 6.07) is 9.11. The highest BCUT2D eigenvalue weighted by Gasteiger charge is 2.49. The van der Waals surface area contributed by atoms with E-state index in [4.69, 9.17) is 9.47 Å². The van der Waals surface area contributed by atoms with E-state index in [1.54, 1.807) is 12.1 Å². The maximum atomic E-state index is 13.2. The van der Waals surface area contributed by atoms with Gasteiger partial charge < -0.3 is 9.47 Å². The Bertz CT molecular complexity index is 1000. The van der Waals surface area contributed by atoms with Gasteiger partial charge in [0.1, 0.15) is 0 Å². The molecule has 0 N–H and O–H groups in total. The number of tetrazole rings is 1. The molecule has 2 aromatic rings. The maximum absolute atomic E-state index is 13.2. The molecule has 2 heterocycles. The Morgan fingerprint density at radius 2 is 1.88 bits per heavy atom. The number of nitrogens with zero attached hydrogens (tertiary/aromatic N) is 4. The zero-order valence-electron chi connectivity index (χ0n) is 19.8. The monoisotopic (exact) mass is 476 g/mol. The third-order valence-electron chi connectivity index (χ3n) is 7.26. The fraction of sp³-hybridized carbons (Fsp3) is 0.708. The van der Waals surface area contributed by atoms with E-state index in [1.165, 1.54) is 11.1 Å². The zero-order chi connectivity index (χ0) is 23.4. The lowest BCUT2D eigenvalue weighted by Crippen LogP contribution is -2.38. The predicted molar refractivity (Wildman–Crippen MR) is 125 cm³/mol. The molecule has 0 bridgehead atoms. The van der Waals surface area contributed by atoms with E-state index >= 15 is 0 Å². The van der Waals surface area contributed by atoms with Crippen LogP contribution in [-0.4, -0.2) is 52.4 Å². The topological polar surface area (TPSA) is 96.2 Å². The molecule has 1 aromatic heterocycles. The summed E-state index contributed by atoms with van der Waals surface area (Å²) in [5.74, 6) is -0.302. The number of aromatic nitrogens is 4. The van der Waals surface area contributed by atoms with E-state index in [1.807, 2.05) is 25.1 Å². The number of hydrogen-bond acceptors (Lipinski definition) is 7. The van der Waals surface area contributed by atoms with Gasteiger partial charge in [-0.15, -0.1) is 0 Å². The molecule has 1 aliphatic heterocycles. The van der Waals surface area contributed by atoms with Crippen LogP contribution >= 0.6 is 0 Å². The number of sulfone groups is 1. The van der Waals surface area contributed by atoms with Gasteiger partial charge in [0.25, 0.3) is 5.16 Å². The molecule has 8 nitrogen and oxygen atoms in total. The third kappa shape index (κ3) is 5.46. The molecule has 33 heavy (non-hydrogen) atoms. The molecule has 182 valence electrons. The third-order valence-corrected chi connectivity index (χ3v) is 8.98. The van der Waals surface area contributed by atoms with Crippen molar-refractivity contribution in [2.75, 3.05) is 12.4 Å². The van der Waals surface area contributed by atoms with Crippen LogP contribution in [0.1, 0.15) is 78.1 Å². The summed E-state index contributed by atoms with van der Waals surface area (Å²) in [6.45, 7) is 4.85. The summed E-state index contributed by atoms with van der Waals surface area (Å²) in [5, 5.41) is 11.3. The summed E-state index contributed by atoms with van der Waals surface area (Å²) in [6.07, 6.45) is 9.88. The van der Waals surface area contributed by atoms with Gasteiger partial charge in [0.15, 0.2) is 5.79 Å². The van der Waals surface area contributed by atoms with Crippen LogP contribution in [0.15, 0.2) is 35.5 Å². The molecule has 1 aromatic carbocycles. The molecule has 2 fully saturated rings. The SMILES string of the molecule is CC[C@H](CCC[C@@]1(CC)COC2(CCCCC2)O1)CS(=O)(=O)c1nnnn1-c1ccccc1. The highest BCUT2D eigenvalue weighted by atomic mass is 32.2. The van der Waals surface area contributed by atoms with Gasteiger partial charge >= 0.3 is 0 Å². The first-order valence-electron chi connectivity index (χ1n) is 12.3. The Labute approximate surface area is 197 Å². The van der Waals surface area contributed by atoms with Crippen LogP contribution in [0.2, 0.25) is 0 Å². The van der Waals surface area contributed by atoms with Crippen molar-refractivity contribution in [1.82, 2.24) is 20.2 Å². The molecule has 1 saturated heterocycles. The summed E-state index contributed by atoms with van der Waals surface area (Å²) < 4.78 is 40.5. The van der Waals surface area contributed by atoms with E-state index < -0.39 is 9.84 Å². The Morgan fingerprint density at radius 3 is 2.58 bits per heavy atom. The van der Waals surface area contributed by atoms with Gasteiger partial charge in [0.2, 0.25) is 9.84 Å². The van der Waals surface area contributed by atoms with Gasteiger partial charge in [-0.1, -0.05) is 56.4 Å². The predicted octanol–water partition coefficient (Wildman–Crippen LogP) is 4.49. The fourth-order valence-corrected chi connectivity index (χ4v) is 6.87. The Kier molecular flexibility index (Phi) is 7.50. The second-order valence-electron chi connectivity index (χ2n) is 9.56. The standard InChI is InChI=1S/C24H36N4O4S/c1-3-20(12-11-15-23(4-2)19-31-24(32-23)16-9-6-10-17-24)18-33(29,30)22-25-26-27-28(22)21-13-7-5-8-14-21/h5,7-8,13-14,20H,3-4,6,9-12,15-19H2,1-2H3/t20-,23+/m1/s1. The van der Waals surface area contributed by atoms with Crippen LogP contribution in [-0.2, 0) is 19.3 Å². The van der Waals surface area contributed by atoms with Gasteiger partial charge in [-0.25, -0.2) is 8.42 Å². The molecule has 1 saturated carbocycles. The number of rotatable bonds is 10. The lowest BCUT2D eigenvalue weighted by atomic mass is 9.90. The van der Waals surface area contributed by atoms with Crippen molar-refractivity contribution in [3.05, 3.63) is 30.3 Å². The first-order valence-corrected chi connectivity index (χ1v) is 14.0. The minimum Gasteiger partial charge on any atom is -0.347 e. The van der Waals surface area contributed by atoms with Crippen molar-refractivity contribution in [2.24, 2.45) is 5.92 Å². The average molecular weight is 477 g/mol. The Morgan fingerprint density at radius 1 is 1.12 bits per heavy atom. The second-order valence-corrected chi connectivity index (χ2v) is 11.5. The minimum atomic E-state index is -3.63. The van der Waals surface area contributed by atoms with Crippen molar-refractivity contribution in [2.45, 2.75) is 94.6 Å². The smallest absolute Gasteiger partial charge is 0.272 e. The van der Waals surface area contributed by atoms with Crippen molar-refractivity contribution in [3.63, 3.8) is 0 Å². The molecule has 2 aliphatic rings. The number of hydrogen-bond donors (Lipinski definition) is 0. The fourth-order valence-electron chi connectivity index (χ4n) is 5.13. The maximum Gasteiger partial charge on any atom is 0.272 e. The van der Waals surface area contributed by atoms with Crippen LogP contribution < -0.4 is 0 Å².